The second kappa shape index (κ2) is 5.27. The highest BCUT2D eigenvalue weighted by atomic mass is 16.3. The van der Waals surface area contributed by atoms with Gasteiger partial charge in [0.1, 0.15) is 0 Å². The summed E-state index contributed by atoms with van der Waals surface area (Å²) < 4.78 is 0. The van der Waals surface area contributed by atoms with Crippen LogP contribution in [0.3, 0.4) is 0 Å². The summed E-state index contributed by atoms with van der Waals surface area (Å²) in [5.41, 5.74) is 0.368. The van der Waals surface area contributed by atoms with Crippen LogP contribution < -0.4 is 0 Å². The van der Waals surface area contributed by atoms with Gasteiger partial charge in [-0.2, -0.15) is 0 Å². The summed E-state index contributed by atoms with van der Waals surface area (Å²) in [7, 11) is 0. The third-order valence-electron chi connectivity index (χ3n) is 3.38. The van der Waals surface area contributed by atoms with Crippen molar-refractivity contribution in [2.45, 2.75) is 12.8 Å². The van der Waals surface area contributed by atoms with Gasteiger partial charge in [-0.05, 0) is 37.0 Å². The molecule has 0 aromatic heterocycles. The Labute approximate surface area is 105 Å². The van der Waals surface area contributed by atoms with Gasteiger partial charge in [-0.25, -0.2) is 0 Å². The third-order valence-corrected chi connectivity index (χ3v) is 3.38. The van der Waals surface area contributed by atoms with Gasteiger partial charge in [-0.3, -0.25) is 4.79 Å². The highest BCUT2D eigenvalue weighted by molar-refractivity contribution is 5.94. The van der Waals surface area contributed by atoms with Crippen molar-refractivity contribution in [1.82, 2.24) is 4.90 Å². The number of phenolic OH excluding ortho intramolecular Hbond substituents is 2. The molecule has 1 saturated heterocycles. The van der Waals surface area contributed by atoms with Crippen LogP contribution in [0.2, 0.25) is 0 Å². The minimum absolute atomic E-state index is 0.151. The van der Waals surface area contributed by atoms with Gasteiger partial charge in [0, 0.05) is 25.3 Å². The van der Waals surface area contributed by atoms with Gasteiger partial charge < -0.3 is 20.2 Å². The molecule has 0 saturated carbocycles. The van der Waals surface area contributed by atoms with Gasteiger partial charge in [-0.15, -0.1) is 0 Å². The molecule has 1 aromatic rings. The molecule has 1 heterocycles. The number of aliphatic hydroxyl groups is 1. The van der Waals surface area contributed by atoms with E-state index >= 15 is 0 Å². The molecule has 5 nitrogen and oxygen atoms in total. The first-order chi connectivity index (χ1) is 8.61. The van der Waals surface area contributed by atoms with E-state index in [0.717, 1.165) is 12.8 Å². The second-order valence-electron chi connectivity index (χ2n) is 4.62. The fourth-order valence-corrected chi connectivity index (χ4v) is 2.16. The zero-order chi connectivity index (χ0) is 13.1. The van der Waals surface area contributed by atoms with E-state index in [1.54, 1.807) is 4.90 Å². The number of aliphatic hydroxyl groups excluding tert-OH is 1. The van der Waals surface area contributed by atoms with Crippen LogP contribution in [-0.2, 0) is 0 Å². The quantitative estimate of drug-likeness (QED) is 0.683. The molecule has 98 valence electrons. The summed E-state index contributed by atoms with van der Waals surface area (Å²) in [5.74, 6) is -0.388. The number of benzene rings is 1. The Hall–Kier alpha value is -1.75. The lowest BCUT2D eigenvalue weighted by Crippen LogP contribution is -2.39. The topological polar surface area (TPSA) is 81.0 Å². The third kappa shape index (κ3) is 2.56. The number of carbonyl (C=O) groups excluding carboxylic acids is 1. The summed E-state index contributed by atoms with van der Waals surface area (Å²) in [6.07, 6.45) is 1.60. The highest BCUT2D eigenvalue weighted by Gasteiger charge is 2.23. The summed E-state index contributed by atoms with van der Waals surface area (Å²) in [4.78, 5) is 13.8. The number of nitrogens with zero attached hydrogens (tertiary/aromatic N) is 1. The fourth-order valence-electron chi connectivity index (χ4n) is 2.16. The molecule has 1 fully saturated rings. The number of hydrogen-bond donors (Lipinski definition) is 3. The fraction of sp³-hybridized carbons (Fsp3) is 0.462. The van der Waals surface area contributed by atoms with Crippen molar-refractivity contribution in [2.24, 2.45) is 5.92 Å². The monoisotopic (exact) mass is 251 g/mol. The minimum atomic E-state index is -0.286. The average Bonchev–Trinajstić information content (AvgIpc) is 2.41. The first kappa shape index (κ1) is 12.7. The Kier molecular flexibility index (Phi) is 3.72. The van der Waals surface area contributed by atoms with Crippen LogP contribution in [0.4, 0.5) is 0 Å². The van der Waals surface area contributed by atoms with Crippen molar-refractivity contribution in [3.05, 3.63) is 23.8 Å². The van der Waals surface area contributed by atoms with Crippen LogP contribution in [-0.4, -0.2) is 45.8 Å². The van der Waals surface area contributed by atoms with Gasteiger partial charge >= 0.3 is 0 Å². The van der Waals surface area contributed by atoms with E-state index in [1.807, 2.05) is 0 Å². The molecule has 18 heavy (non-hydrogen) atoms. The van der Waals surface area contributed by atoms with E-state index in [1.165, 1.54) is 18.2 Å². The summed E-state index contributed by atoms with van der Waals surface area (Å²) >= 11 is 0. The van der Waals surface area contributed by atoms with Crippen molar-refractivity contribution < 1.29 is 20.1 Å². The predicted octanol–water partition coefficient (Wildman–Crippen LogP) is 0.942. The second-order valence-corrected chi connectivity index (χ2v) is 4.62. The normalized spacial score (nSPS) is 16.8. The molecule has 0 unspecified atom stereocenters. The summed E-state index contributed by atoms with van der Waals surface area (Å²) in [5, 5.41) is 27.6. The van der Waals surface area contributed by atoms with Crippen LogP contribution in [0.25, 0.3) is 0 Å². The zero-order valence-electron chi connectivity index (χ0n) is 10.0. The largest absolute Gasteiger partial charge is 0.504 e. The van der Waals surface area contributed by atoms with E-state index in [9.17, 15) is 15.0 Å². The number of phenols is 2. The number of rotatable bonds is 2. The lowest BCUT2D eigenvalue weighted by molar-refractivity contribution is 0.0650. The van der Waals surface area contributed by atoms with Crippen LogP contribution in [0, 0.1) is 5.92 Å². The molecule has 0 radical (unpaired) electrons. The van der Waals surface area contributed by atoms with Gasteiger partial charge in [0.15, 0.2) is 11.5 Å². The van der Waals surface area contributed by atoms with E-state index in [2.05, 4.69) is 0 Å². The van der Waals surface area contributed by atoms with Crippen molar-refractivity contribution >= 4 is 5.91 Å². The average molecular weight is 251 g/mol. The summed E-state index contributed by atoms with van der Waals surface area (Å²) in [6, 6.07) is 4.08. The Bertz CT molecular complexity index is 439. The molecule has 3 N–H and O–H groups in total. The number of piperidine rings is 1. The SMILES string of the molecule is O=C(c1ccc(O)c(O)c1)N1CCC(CO)CC1. The van der Waals surface area contributed by atoms with Crippen LogP contribution in [0.5, 0.6) is 11.5 Å². The van der Waals surface area contributed by atoms with Crippen LogP contribution in [0.1, 0.15) is 23.2 Å². The van der Waals surface area contributed by atoms with E-state index in [-0.39, 0.29) is 29.9 Å². The van der Waals surface area contributed by atoms with Gasteiger partial charge in [0.25, 0.3) is 5.91 Å². The van der Waals surface area contributed by atoms with Crippen molar-refractivity contribution in [3.63, 3.8) is 0 Å². The molecule has 1 amide bonds. The molecule has 0 bridgehead atoms. The molecule has 0 atom stereocenters. The molecule has 5 heteroatoms. The minimum Gasteiger partial charge on any atom is -0.504 e. The van der Waals surface area contributed by atoms with Gasteiger partial charge in [-0.1, -0.05) is 0 Å². The Morgan fingerprint density at radius 3 is 2.44 bits per heavy atom. The molecule has 1 aliphatic rings. The van der Waals surface area contributed by atoms with Crippen molar-refractivity contribution in [2.75, 3.05) is 19.7 Å². The molecule has 0 spiro atoms. The maximum absolute atomic E-state index is 12.1. The number of aromatic hydroxyl groups is 2. The Morgan fingerprint density at radius 2 is 1.89 bits per heavy atom. The molecule has 0 aliphatic carbocycles. The zero-order valence-corrected chi connectivity index (χ0v) is 10.0. The lowest BCUT2D eigenvalue weighted by Gasteiger charge is -2.31. The Balaban J connectivity index is 2.05. The van der Waals surface area contributed by atoms with Crippen molar-refractivity contribution in [3.8, 4) is 11.5 Å². The van der Waals surface area contributed by atoms with E-state index in [4.69, 9.17) is 5.11 Å². The lowest BCUT2D eigenvalue weighted by atomic mass is 9.97. The first-order valence-corrected chi connectivity index (χ1v) is 6.04. The smallest absolute Gasteiger partial charge is 0.253 e. The molecular weight excluding hydrogens is 234 g/mol. The number of hydrogen-bond acceptors (Lipinski definition) is 4. The maximum Gasteiger partial charge on any atom is 0.253 e. The predicted molar refractivity (Wildman–Crippen MR) is 65.5 cm³/mol. The van der Waals surface area contributed by atoms with Crippen LogP contribution >= 0.6 is 0 Å². The van der Waals surface area contributed by atoms with Crippen LogP contribution in [0.15, 0.2) is 18.2 Å². The highest BCUT2D eigenvalue weighted by Crippen LogP contribution is 2.26. The van der Waals surface area contributed by atoms with Gasteiger partial charge in [0.05, 0.1) is 0 Å². The number of amides is 1. The maximum atomic E-state index is 12.1. The van der Waals surface area contributed by atoms with Gasteiger partial charge in [0.2, 0.25) is 0 Å². The van der Waals surface area contributed by atoms with E-state index in [0.29, 0.717) is 18.7 Å². The molecule has 1 aromatic carbocycles. The number of carbonyl (C=O) groups is 1. The molecular formula is C13H17NO4. The summed E-state index contributed by atoms with van der Waals surface area (Å²) in [6.45, 7) is 1.40. The molecule has 2 rings (SSSR count). The number of likely N-dealkylation sites (tertiary alicyclic amines) is 1. The van der Waals surface area contributed by atoms with E-state index < -0.39 is 0 Å². The molecule has 1 aliphatic heterocycles. The Morgan fingerprint density at radius 1 is 1.22 bits per heavy atom. The standard InChI is InChI=1S/C13H17NO4/c15-8-9-3-5-14(6-4-9)13(18)10-1-2-11(16)12(17)7-10/h1-2,7,9,15-17H,3-6,8H2. The van der Waals surface area contributed by atoms with Crippen molar-refractivity contribution in [1.29, 1.82) is 0 Å². The first-order valence-electron chi connectivity index (χ1n) is 6.04.